The molecule has 1 heterocycles. The van der Waals surface area contributed by atoms with Crippen LogP contribution >= 0.6 is 31.9 Å². The highest BCUT2D eigenvalue weighted by Gasteiger charge is 2.21. The van der Waals surface area contributed by atoms with E-state index in [1.54, 1.807) is 6.07 Å². The predicted molar refractivity (Wildman–Crippen MR) is 71.3 cm³/mol. The molecule has 1 nitrogen and oxygen atoms in total. The zero-order chi connectivity index (χ0) is 11.5. The van der Waals surface area contributed by atoms with E-state index in [4.69, 9.17) is 0 Å². The summed E-state index contributed by atoms with van der Waals surface area (Å²) in [5, 5.41) is 1.07. The Labute approximate surface area is 112 Å². The van der Waals surface area contributed by atoms with Gasteiger partial charge < -0.3 is 0 Å². The van der Waals surface area contributed by atoms with Gasteiger partial charge in [-0.2, -0.15) is 0 Å². The Balaban J connectivity index is 1.99. The van der Waals surface area contributed by atoms with Gasteiger partial charge in [0.15, 0.2) is 0 Å². The maximum atomic E-state index is 13.2. The summed E-state index contributed by atoms with van der Waals surface area (Å²) < 4.78 is 14.0. The fraction of sp³-hybridized carbons (Fsp3) is 0.500. The fourth-order valence-corrected chi connectivity index (χ4v) is 3.18. The van der Waals surface area contributed by atoms with Crippen molar-refractivity contribution in [2.75, 3.05) is 18.4 Å². The molecule has 1 aliphatic heterocycles. The van der Waals surface area contributed by atoms with Crippen molar-refractivity contribution in [2.45, 2.75) is 13.0 Å². The quantitative estimate of drug-likeness (QED) is 0.749. The largest absolute Gasteiger partial charge is 0.299 e. The Morgan fingerprint density at radius 2 is 2.19 bits per heavy atom. The average Bonchev–Trinajstić information content (AvgIpc) is 2.64. The Bertz CT molecular complexity index is 350. The van der Waals surface area contributed by atoms with Gasteiger partial charge in [-0.25, -0.2) is 4.39 Å². The molecule has 1 unspecified atom stereocenters. The Kier molecular flexibility index (Phi) is 4.39. The zero-order valence-electron chi connectivity index (χ0n) is 8.93. The summed E-state index contributed by atoms with van der Waals surface area (Å²) in [5.41, 5.74) is 1.04. The van der Waals surface area contributed by atoms with Crippen LogP contribution in [0.4, 0.5) is 4.39 Å². The van der Waals surface area contributed by atoms with Crippen molar-refractivity contribution in [1.29, 1.82) is 0 Å². The van der Waals surface area contributed by atoms with Gasteiger partial charge in [0.05, 0.1) is 0 Å². The molecule has 0 saturated carbocycles. The minimum atomic E-state index is -0.166. The number of alkyl halides is 1. The molecule has 0 N–H and O–H groups in total. The van der Waals surface area contributed by atoms with Crippen LogP contribution in [0.1, 0.15) is 12.0 Å². The Hall–Kier alpha value is 0.0700. The molecule has 1 atom stereocenters. The molecule has 16 heavy (non-hydrogen) atoms. The lowest BCUT2D eigenvalue weighted by atomic mass is 10.2. The van der Waals surface area contributed by atoms with E-state index in [1.807, 2.05) is 6.07 Å². The first-order chi connectivity index (χ1) is 7.67. The van der Waals surface area contributed by atoms with Gasteiger partial charge in [0, 0.05) is 22.9 Å². The molecule has 1 saturated heterocycles. The van der Waals surface area contributed by atoms with E-state index in [1.165, 1.54) is 12.5 Å². The van der Waals surface area contributed by atoms with E-state index in [9.17, 15) is 4.39 Å². The van der Waals surface area contributed by atoms with E-state index in [2.05, 4.69) is 36.8 Å². The summed E-state index contributed by atoms with van der Waals surface area (Å²) in [6.45, 7) is 3.07. The second-order valence-corrected chi connectivity index (χ2v) is 5.88. The summed E-state index contributed by atoms with van der Waals surface area (Å²) in [4.78, 5) is 2.38. The normalized spacial score (nSPS) is 21.6. The molecular formula is C12H14Br2FN. The predicted octanol–water partition coefficient (Wildman–Crippen LogP) is 3.81. The summed E-state index contributed by atoms with van der Waals surface area (Å²) in [7, 11) is 0. The Morgan fingerprint density at radius 3 is 2.81 bits per heavy atom. The third kappa shape index (κ3) is 3.28. The molecule has 0 aliphatic carbocycles. The first-order valence-corrected chi connectivity index (χ1v) is 7.32. The van der Waals surface area contributed by atoms with Crippen LogP contribution in [0.25, 0.3) is 0 Å². The molecule has 0 bridgehead atoms. The van der Waals surface area contributed by atoms with Crippen LogP contribution in [-0.2, 0) is 6.54 Å². The number of likely N-dealkylation sites (tertiary alicyclic amines) is 1. The topological polar surface area (TPSA) is 3.24 Å². The number of hydrogen-bond donors (Lipinski definition) is 0. The van der Waals surface area contributed by atoms with Gasteiger partial charge in [0.2, 0.25) is 0 Å². The maximum absolute atomic E-state index is 13.2. The van der Waals surface area contributed by atoms with Gasteiger partial charge >= 0.3 is 0 Å². The lowest BCUT2D eigenvalue weighted by molar-refractivity contribution is 0.320. The van der Waals surface area contributed by atoms with Crippen molar-refractivity contribution in [3.63, 3.8) is 0 Å². The Morgan fingerprint density at radius 1 is 1.38 bits per heavy atom. The second kappa shape index (κ2) is 5.61. The molecule has 1 aromatic rings. The monoisotopic (exact) mass is 349 g/mol. The SMILES string of the molecule is Fc1cc(Br)cc(CN2CCC(CBr)C2)c1. The lowest BCUT2D eigenvalue weighted by Gasteiger charge is -2.15. The van der Waals surface area contributed by atoms with Crippen LogP contribution < -0.4 is 0 Å². The van der Waals surface area contributed by atoms with Crippen molar-refractivity contribution in [3.05, 3.63) is 34.1 Å². The van der Waals surface area contributed by atoms with Crippen molar-refractivity contribution in [3.8, 4) is 0 Å². The summed E-state index contributed by atoms with van der Waals surface area (Å²) >= 11 is 6.84. The van der Waals surface area contributed by atoms with E-state index < -0.39 is 0 Å². The van der Waals surface area contributed by atoms with Crippen LogP contribution in [0.2, 0.25) is 0 Å². The fourth-order valence-electron chi connectivity index (χ4n) is 2.14. The molecule has 1 aromatic carbocycles. The number of rotatable bonds is 3. The second-order valence-electron chi connectivity index (χ2n) is 4.32. The molecule has 2 rings (SSSR count). The van der Waals surface area contributed by atoms with Crippen molar-refractivity contribution in [1.82, 2.24) is 4.90 Å². The molecule has 0 spiro atoms. The number of hydrogen-bond acceptors (Lipinski definition) is 1. The van der Waals surface area contributed by atoms with Crippen LogP contribution in [0, 0.1) is 11.7 Å². The van der Waals surface area contributed by atoms with Gasteiger partial charge in [-0.1, -0.05) is 31.9 Å². The van der Waals surface area contributed by atoms with Crippen molar-refractivity contribution < 1.29 is 4.39 Å². The highest BCUT2D eigenvalue weighted by molar-refractivity contribution is 9.10. The zero-order valence-corrected chi connectivity index (χ0v) is 12.1. The summed E-state index contributed by atoms with van der Waals surface area (Å²) in [6, 6.07) is 5.10. The van der Waals surface area contributed by atoms with Gasteiger partial charge in [-0.15, -0.1) is 0 Å². The minimum Gasteiger partial charge on any atom is -0.299 e. The molecule has 0 aromatic heterocycles. The number of halogens is 3. The first kappa shape index (κ1) is 12.5. The minimum absolute atomic E-state index is 0.166. The van der Waals surface area contributed by atoms with Crippen LogP contribution in [-0.4, -0.2) is 23.3 Å². The van der Waals surface area contributed by atoms with Crippen molar-refractivity contribution >= 4 is 31.9 Å². The number of nitrogens with zero attached hydrogens (tertiary/aromatic N) is 1. The lowest BCUT2D eigenvalue weighted by Crippen LogP contribution is -2.20. The molecule has 4 heteroatoms. The standard InChI is InChI=1S/C12H14Br2FN/c13-6-9-1-2-16(7-9)8-10-3-11(14)5-12(15)4-10/h3-5,9H,1-2,6-8H2. The molecule has 0 amide bonds. The summed E-state index contributed by atoms with van der Waals surface area (Å²) in [6.07, 6.45) is 1.24. The van der Waals surface area contributed by atoms with E-state index >= 15 is 0 Å². The highest BCUT2D eigenvalue weighted by Crippen LogP contribution is 2.22. The van der Waals surface area contributed by atoms with Gasteiger partial charge in [-0.3, -0.25) is 4.90 Å². The van der Waals surface area contributed by atoms with Crippen LogP contribution in [0.3, 0.4) is 0 Å². The maximum Gasteiger partial charge on any atom is 0.124 e. The van der Waals surface area contributed by atoms with Crippen molar-refractivity contribution in [2.24, 2.45) is 5.92 Å². The molecular weight excluding hydrogens is 337 g/mol. The van der Waals surface area contributed by atoms with Crippen LogP contribution in [0.15, 0.2) is 22.7 Å². The average molecular weight is 351 g/mol. The van der Waals surface area contributed by atoms with E-state index in [-0.39, 0.29) is 5.82 Å². The third-order valence-electron chi connectivity index (χ3n) is 2.92. The molecule has 88 valence electrons. The highest BCUT2D eigenvalue weighted by atomic mass is 79.9. The van der Waals surface area contributed by atoms with Gasteiger partial charge in [0.25, 0.3) is 0 Å². The molecule has 1 aliphatic rings. The van der Waals surface area contributed by atoms with E-state index in [0.717, 1.165) is 40.9 Å². The van der Waals surface area contributed by atoms with Gasteiger partial charge in [-0.05, 0) is 42.6 Å². The smallest absolute Gasteiger partial charge is 0.124 e. The van der Waals surface area contributed by atoms with E-state index in [0.29, 0.717) is 0 Å². The van der Waals surface area contributed by atoms with Crippen LogP contribution in [0.5, 0.6) is 0 Å². The molecule has 1 fully saturated rings. The molecule has 0 radical (unpaired) electrons. The number of benzene rings is 1. The first-order valence-electron chi connectivity index (χ1n) is 5.40. The summed E-state index contributed by atoms with van der Waals surface area (Å²) in [5.74, 6) is 0.581. The van der Waals surface area contributed by atoms with Gasteiger partial charge in [0.1, 0.15) is 5.82 Å². The third-order valence-corrected chi connectivity index (χ3v) is 4.29.